The Morgan fingerprint density at radius 2 is 1.54 bits per heavy atom. The maximum atomic E-state index is 13.4. The van der Waals surface area contributed by atoms with E-state index in [1.165, 1.54) is 23.2 Å². The van der Waals surface area contributed by atoms with Crippen molar-refractivity contribution in [2.45, 2.75) is 23.6 Å². The fourth-order valence-electron chi connectivity index (χ4n) is 5.43. The fourth-order valence-corrected chi connectivity index (χ4v) is 7.37. The van der Waals surface area contributed by atoms with Crippen LogP contribution in [0.4, 0.5) is 13.9 Å². The predicted molar refractivity (Wildman–Crippen MR) is 169 cm³/mol. The van der Waals surface area contributed by atoms with Gasteiger partial charge in [-0.2, -0.15) is 8.78 Å². The molecule has 0 spiro atoms. The number of hydrogen-bond acceptors (Lipinski definition) is 9. The summed E-state index contributed by atoms with van der Waals surface area (Å²) in [6, 6.07) is 28.0. The van der Waals surface area contributed by atoms with Gasteiger partial charge in [0.2, 0.25) is 0 Å². The fraction of sp³-hybridized carbons (Fsp3) is 0.156. The number of rotatable bonds is 11. The number of benzene rings is 3. The molecule has 0 saturated carbocycles. The monoisotopic (exact) mass is 661 g/mol. The number of halogens is 2. The average Bonchev–Trinajstić information content (AvgIpc) is 3.54. The number of β-lactam (4-membered cyclic amide) rings is 1. The molecule has 1 fully saturated rings. The van der Waals surface area contributed by atoms with Crippen LogP contribution in [0.1, 0.15) is 22.4 Å². The van der Waals surface area contributed by atoms with Crippen molar-refractivity contribution in [1.29, 1.82) is 0 Å². The van der Waals surface area contributed by atoms with Crippen LogP contribution in [0.3, 0.4) is 0 Å². The molecule has 3 N–H and O–H groups in total. The van der Waals surface area contributed by atoms with Gasteiger partial charge in [-0.1, -0.05) is 96.2 Å². The number of aromatic nitrogens is 1. The number of carboxylic acids is 1. The summed E-state index contributed by atoms with van der Waals surface area (Å²) in [6.07, 6.45) is 1.41. The Balaban J connectivity index is 1.34. The van der Waals surface area contributed by atoms with Crippen molar-refractivity contribution < 1.29 is 33.1 Å². The highest BCUT2D eigenvalue weighted by atomic mass is 32.2. The molecule has 0 aliphatic carbocycles. The summed E-state index contributed by atoms with van der Waals surface area (Å²) in [5, 5.41) is 20.0. The number of carboxylic acid groups (broad SMARTS) is 1. The summed E-state index contributed by atoms with van der Waals surface area (Å²) >= 11 is 2.38. The third kappa shape index (κ3) is 5.84. The van der Waals surface area contributed by atoms with Gasteiger partial charge in [-0.05, 0) is 22.8 Å². The first-order valence-corrected chi connectivity index (χ1v) is 15.8. The molecule has 2 amide bonds. The van der Waals surface area contributed by atoms with Crippen molar-refractivity contribution in [3.63, 3.8) is 0 Å². The zero-order valence-electron chi connectivity index (χ0n) is 23.7. The van der Waals surface area contributed by atoms with E-state index in [0.717, 1.165) is 32.9 Å². The molecule has 1 aromatic heterocycles. The number of alkyl halides is 2. The summed E-state index contributed by atoms with van der Waals surface area (Å²) in [4.78, 5) is 47.6. The van der Waals surface area contributed by atoms with Crippen LogP contribution in [-0.4, -0.2) is 62.3 Å². The van der Waals surface area contributed by atoms with Crippen molar-refractivity contribution in [2.24, 2.45) is 5.16 Å². The first kappa shape index (κ1) is 30.9. The van der Waals surface area contributed by atoms with Crippen molar-refractivity contribution in [2.75, 3.05) is 11.1 Å². The number of oxime groups is 1. The lowest BCUT2D eigenvalue weighted by molar-refractivity contribution is -0.150. The number of thioether (sulfide) groups is 1. The number of aliphatic carboxylic acids is 1. The van der Waals surface area contributed by atoms with Crippen LogP contribution in [0.2, 0.25) is 0 Å². The van der Waals surface area contributed by atoms with E-state index in [2.05, 4.69) is 25.6 Å². The number of anilines is 1. The zero-order valence-corrected chi connectivity index (χ0v) is 25.4. The van der Waals surface area contributed by atoms with Gasteiger partial charge >= 0.3 is 12.6 Å². The van der Waals surface area contributed by atoms with Crippen molar-refractivity contribution >= 4 is 51.7 Å². The summed E-state index contributed by atoms with van der Waals surface area (Å²) in [5.74, 6) is -2.59. The molecule has 1 unspecified atom stereocenters. The summed E-state index contributed by atoms with van der Waals surface area (Å²) in [6.45, 7) is -3.32. The summed E-state index contributed by atoms with van der Waals surface area (Å²) < 4.78 is 26.2. The quantitative estimate of drug-likeness (QED) is 0.0899. The maximum Gasteiger partial charge on any atom is 0.407 e. The lowest BCUT2D eigenvalue weighted by atomic mass is 9.77. The van der Waals surface area contributed by atoms with Gasteiger partial charge in [-0.3, -0.25) is 14.5 Å². The van der Waals surface area contributed by atoms with Crippen molar-refractivity contribution in [3.05, 3.63) is 131 Å². The number of nitrogens with zero attached hydrogens (tertiary/aromatic N) is 3. The van der Waals surface area contributed by atoms with Gasteiger partial charge in [0.1, 0.15) is 28.3 Å². The molecule has 46 heavy (non-hydrogen) atoms. The first-order chi connectivity index (χ1) is 22.3. The van der Waals surface area contributed by atoms with Crippen molar-refractivity contribution in [1.82, 2.24) is 15.2 Å². The van der Waals surface area contributed by atoms with E-state index in [4.69, 9.17) is 0 Å². The van der Waals surface area contributed by atoms with Crippen LogP contribution in [0.25, 0.3) is 0 Å². The smallest absolute Gasteiger partial charge is 0.407 e. The van der Waals surface area contributed by atoms with Crippen LogP contribution in [0.5, 0.6) is 0 Å². The van der Waals surface area contributed by atoms with Crippen LogP contribution >= 0.6 is 23.1 Å². The average molecular weight is 662 g/mol. The minimum atomic E-state index is -3.32. The molecule has 2 aliphatic rings. The van der Waals surface area contributed by atoms with Gasteiger partial charge in [0.05, 0.1) is 0 Å². The van der Waals surface area contributed by atoms with Crippen LogP contribution in [0.15, 0.2) is 113 Å². The largest absolute Gasteiger partial charge is 0.477 e. The number of amides is 2. The molecule has 2 atom stereocenters. The summed E-state index contributed by atoms with van der Waals surface area (Å²) in [5.41, 5.74) is 0.907. The Hall–Kier alpha value is -5.08. The lowest BCUT2D eigenvalue weighted by Gasteiger charge is -2.48. The molecular formula is C32H25F2N5O5S2. The Labute approximate surface area is 269 Å². The number of carbonyl (C=O) groups excluding carboxylic acids is 2. The van der Waals surface area contributed by atoms with E-state index < -0.39 is 47.1 Å². The number of carbonyl (C=O) groups is 3. The van der Waals surface area contributed by atoms with Crippen LogP contribution < -0.4 is 10.6 Å². The molecule has 4 aromatic rings. The van der Waals surface area contributed by atoms with E-state index in [9.17, 15) is 28.3 Å². The van der Waals surface area contributed by atoms with E-state index in [1.807, 2.05) is 91.0 Å². The third-order valence-electron chi connectivity index (χ3n) is 7.45. The second kappa shape index (κ2) is 13.1. The lowest BCUT2D eigenvalue weighted by Crippen LogP contribution is -2.70. The third-order valence-corrected chi connectivity index (χ3v) is 9.39. The second-order valence-electron chi connectivity index (χ2n) is 10.1. The Morgan fingerprint density at radius 3 is 2.07 bits per heavy atom. The normalized spacial score (nSPS) is 17.9. The molecule has 3 aromatic carbocycles. The Morgan fingerprint density at radius 1 is 0.978 bits per heavy atom. The molecule has 0 bridgehead atoms. The maximum absolute atomic E-state index is 13.4. The van der Waals surface area contributed by atoms with Crippen molar-refractivity contribution in [3.8, 4) is 0 Å². The van der Waals surface area contributed by atoms with Gasteiger partial charge in [0, 0.05) is 11.1 Å². The summed E-state index contributed by atoms with van der Waals surface area (Å²) in [7, 11) is 0. The molecule has 1 saturated heterocycles. The van der Waals surface area contributed by atoms with E-state index in [1.54, 1.807) is 0 Å². The topological polar surface area (TPSA) is 133 Å². The molecule has 234 valence electrons. The minimum Gasteiger partial charge on any atom is -0.477 e. The highest BCUT2D eigenvalue weighted by Crippen LogP contribution is 2.41. The second-order valence-corrected chi connectivity index (χ2v) is 12.1. The molecular weight excluding hydrogens is 637 g/mol. The molecule has 2 aliphatic heterocycles. The molecule has 6 rings (SSSR count). The highest BCUT2D eigenvalue weighted by Gasteiger charge is 2.53. The van der Waals surface area contributed by atoms with Crippen LogP contribution in [-0.2, 0) is 24.8 Å². The van der Waals surface area contributed by atoms with Gasteiger partial charge in [0.25, 0.3) is 11.8 Å². The Kier molecular flexibility index (Phi) is 8.81. The predicted octanol–water partition coefficient (Wildman–Crippen LogP) is 4.86. The van der Waals surface area contributed by atoms with E-state index in [0.29, 0.717) is 10.9 Å². The van der Waals surface area contributed by atoms with Crippen LogP contribution in [0, 0.1) is 0 Å². The zero-order chi connectivity index (χ0) is 32.3. The molecule has 3 heterocycles. The number of fused-ring (bicyclic) bond motifs is 1. The van der Waals surface area contributed by atoms with E-state index in [-0.39, 0.29) is 11.4 Å². The van der Waals surface area contributed by atoms with Gasteiger partial charge in [-0.25, -0.2) is 9.78 Å². The SMILES string of the molecule is O=C(O)C1=CCS[C@@H]2C(NC(=O)/C(=N/OC(F)F)c3csc(NC(c4ccccc4)(c4ccccc4)c4ccccc4)n3)C(=O)N12. The van der Waals surface area contributed by atoms with Gasteiger partial charge in [-0.15, -0.1) is 23.1 Å². The first-order valence-electron chi connectivity index (χ1n) is 13.9. The number of hydrogen-bond donors (Lipinski definition) is 3. The van der Waals surface area contributed by atoms with E-state index >= 15 is 0 Å². The number of nitrogens with one attached hydrogen (secondary N) is 2. The highest BCUT2D eigenvalue weighted by molar-refractivity contribution is 8.00. The minimum absolute atomic E-state index is 0.0696. The van der Waals surface area contributed by atoms with Gasteiger partial charge < -0.3 is 20.6 Å². The Bertz CT molecular complexity index is 1710. The molecule has 0 radical (unpaired) electrons. The molecule has 10 nitrogen and oxygen atoms in total. The van der Waals surface area contributed by atoms with Gasteiger partial charge in [0.15, 0.2) is 10.8 Å². The number of thiazole rings is 1. The standard InChI is InChI=1S/C32H25F2N5O5S2/c33-30(34)44-38-24(26(40)36-25-27(41)39-23(29(42)43)16-17-45-28(25)39)22-18-46-31(35-22)37-32(19-10-4-1-5-11-19,20-12-6-2-7-13-20)21-14-8-3-9-15-21/h1-16,18,25,28,30H,17H2,(H,35,37)(H,36,40)(H,42,43)/b38-24+/t25?,28-/m1/s1. The molecule has 14 heteroatoms.